The molecule has 2 atom stereocenters. The number of aliphatic hydroxyl groups is 1. The first-order valence-corrected chi connectivity index (χ1v) is 13.9. The Bertz CT molecular complexity index is 1550. The summed E-state index contributed by atoms with van der Waals surface area (Å²) in [5.41, 5.74) is 3.52. The molecule has 2 heterocycles. The van der Waals surface area contributed by atoms with Gasteiger partial charge in [0.25, 0.3) is 5.91 Å². The highest BCUT2D eigenvalue weighted by atomic mass is 16.5. The standard InChI is InChI=1S/C35H32N2O4/c38-23-10-24-40-29-20-18-28(19-21-29)33-36-35(22-9-15-26-11-3-1-4-12-26)32(41-33)30-16-7-8-17-31(30)37(34(35)39)25-27-13-5-2-6-14-27/h1-9,11-21,32,38H,10,22-25H2/b15-9+/t32-,35-/m1/s1. The maximum Gasteiger partial charge on any atom is 0.259 e. The van der Waals surface area contributed by atoms with Gasteiger partial charge in [-0.05, 0) is 41.5 Å². The van der Waals surface area contributed by atoms with Gasteiger partial charge in [-0.25, -0.2) is 4.99 Å². The molecule has 41 heavy (non-hydrogen) atoms. The summed E-state index contributed by atoms with van der Waals surface area (Å²) in [7, 11) is 0. The van der Waals surface area contributed by atoms with E-state index in [1.54, 1.807) is 0 Å². The Balaban J connectivity index is 1.39. The number of amides is 1. The summed E-state index contributed by atoms with van der Waals surface area (Å²) in [5.74, 6) is 1.06. The number of rotatable bonds is 10. The van der Waals surface area contributed by atoms with Crippen LogP contribution in [-0.2, 0) is 16.1 Å². The number of aliphatic hydroxyl groups excluding tert-OH is 1. The molecule has 2 aliphatic rings. The first-order chi connectivity index (χ1) is 20.2. The summed E-state index contributed by atoms with van der Waals surface area (Å²) < 4.78 is 12.3. The molecule has 0 saturated carbocycles. The zero-order valence-corrected chi connectivity index (χ0v) is 22.7. The van der Waals surface area contributed by atoms with Gasteiger partial charge in [-0.3, -0.25) is 4.79 Å². The first kappa shape index (κ1) is 26.5. The molecule has 2 aliphatic heterocycles. The maximum absolute atomic E-state index is 14.6. The molecule has 4 aromatic rings. The van der Waals surface area contributed by atoms with Crippen molar-refractivity contribution in [2.75, 3.05) is 18.1 Å². The van der Waals surface area contributed by atoms with Crippen molar-refractivity contribution in [2.24, 2.45) is 4.99 Å². The molecule has 206 valence electrons. The van der Waals surface area contributed by atoms with Gasteiger partial charge in [0.15, 0.2) is 11.6 Å². The molecule has 0 spiro atoms. The molecule has 1 N–H and O–H groups in total. The molecule has 6 rings (SSSR count). The molecule has 0 unspecified atom stereocenters. The van der Waals surface area contributed by atoms with Crippen LogP contribution < -0.4 is 9.64 Å². The van der Waals surface area contributed by atoms with Crippen LogP contribution in [0.5, 0.6) is 5.75 Å². The van der Waals surface area contributed by atoms with Crippen LogP contribution in [-0.4, -0.2) is 35.7 Å². The van der Waals surface area contributed by atoms with Crippen LogP contribution in [0.1, 0.15) is 41.2 Å². The molecule has 0 aliphatic carbocycles. The number of anilines is 1. The minimum atomic E-state index is -1.15. The van der Waals surface area contributed by atoms with Gasteiger partial charge in [0.05, 0.1) is 18.8 Å². The highest BCUT2D eigenvalue weighted by Crippen LogP contribution is 2.50. The summed E-state index contributed by atoms with van der Waals surface area (Å²) in [6.45, 7) is 0.967. The van der Waals surface area contributed by atoms with Gasteiger partial charge in [-0.1, -0.05) is 91.0 Å². The van der Waals surface area contributed by atoms with Crippen LogP contribution in [0, 0.1) is 0 Å². The molecule has 0 aromatic heterocycles. The fourth-order valence-electron chi connectivity index (χ4n) is 5.44. The number of carbonyl (C=O) groups is 1. The number of aliphatic imine (C=N–C) groups is 1. The van der Waals surface area contributed by atoms with Crippen molar-refractivity contribution in [3.63, 3.8) is 0 Å². The molecule has 4 aromatic carbocycles. The number of hydrogen-bond donors (Lipinski definition) is 1. The predicted octanol–water partition coefficient (Wildman–Crippen LogP) is 6.36. The monoisotopic (exact) mass is 544 g/mol. The van der Waals surface area contributed by atoms with Gasteiger partial charge >= 0.3 is 0 Å². The third-order valence-corrected chi connectivity index (χ3v) is 7.48. The van der Waals surface area contributed by atoms with Crippen molar-refractivity contribution in [3.8, 4) is 5.75 Å². The van der Waals surface area contributed by atoms with Crippen molar-refractivity contribution in [2.45, 2.75) is 31.0 Å². The fraction of sp³-hybridized carbons (Fsp3) is 0.200. The predicted molar refractivity (Wildman–Crippen MR) is 161 cm³/mol. The summed E-state index contributed by atoms with van der Waals surface area (Å²) in [6.07, 6.45) is 4.46. The van der Waals surface area contributed by atoms with Gasteiger partial charge in [0.2, 0.25) is 5.90 Å². The highest BCUT2D eigenvalue weighted by Gasteiger charge is 2.58. The number of benzene rings is 4. The molecule has 1 amide bonds. The van der Waals surface area contributed by atoms with Crippen molar-refractivity contribution in [1.82, 2.24) is 0 Å². The Kier molecular flexibility index (Phi) is 7.65. The largest absolute Gasteiger partial charge is 0.494 e. The van der Waals surface area contributed by atoms with E-state index in [9.17, 15) is 4.79 Å². The van der Waals surface area contributed by atoms with E-state index in [0.717, 1.165) is 27.9 Å². The number of ether oxygens (including phenoxy) is 2. The minimum absolute atomic E-state index is 0.0817. The molecule has 6 heteroatoms. The van der Waals surface area contributed by atoms with Crippen LogP contribution in [0.15, 0.2) is 120 Å². The zero-order valence-electron chi connectivity index (χ0n) is 22.7. The van der Waals surface area contributed by atoms with Crippen molar-refractivity contribution in [1.29, 1.82) is 0 Å². The third-order valence-electron chi connectivity index (χ3n) is 7.48. The van der Waals surface area contributed by atoms with E-state index in [0.29, 0.717) is 37.6 Å². The normalized spacial score (nSPS) is 19.4. The summed E-state index contributed by atoms with van der Waals surface area (Å²) in [5, 5.41) is 9.03. The Morgan fingerprint density at radius 1 is 0.902 bits per heavy atom. The van der Waals surface area contributed by atoms with Crippen LogP contribution in [0.3, 0.4) is 0 Å². The Morgan fingerprint density at radius 3 is 2.37 bits per heavy atom. The quantitative estimate of drug-likeness (QED) is 0.236. The lowest BCUT2D eigenvalue weighted by Gasteiger charge is -2.41. The third kappa shape index (κ3) is 5.39. The Hall–Kier alpha value is -4.68. The van der Waals surface area contributed by atoms with E-state index >= 15 is 0 Å². The van der Waals surface area contributed by atoms with Gasteiger partial charge in [0.1, 0.15) is 5.75 Å². The van der Waals surface area contributed by atoms with E-state index in [2.05, 4.69) is 0 Å². The molecule has 6 nitrogen and oxygen atoms in total. The van der Waals surface area contributed by atoms with Crippen molar-refractivity contribution >= 4 is 23.6 Å². The van der Waals surface area contributed by atoms with E-state index in [-0.39, 0.29) is 12.5 Å². The molecule has 0 fully saturated rings. The SMILES string of the molecule is O=C1N(Cc2ccccc2)c2ccccc2[C@H]2OC(c3ccc(OCCCO)cc3)=N[C@@]12C/C=C/c1ccccc1. The minimum Gasteiger partial charge on any atom is -0.494 e. The number of nitrogens with zero attached hydrogens (tertiary/aromatic N) is 2. The second-order valence-corrected chi connectivity index (χ2v) is 10.2. The number of para-hydroxylation sites is 1. The summed E-state index contributed by atoms with van der Waals surface area (Å²) in [6, 6.07) is 35.6. The van der Waals surface area contributed by atoms with E-state index in [1.807, 2.05) is 126 Å². The number of fused-ring (bicyclic) bond motifs is 3. The van der Waals surface area contributed by atoms with E-state index in [1.165, 1.54) is 0 Å². The summed E-state index contributed by atoms with van der Waals surface area (Å²) >= 11 is 0. The average Bonchev–Trinajstić information content (AvgIpc) is 3.42. The topological polar surface area (TPSA) is 71.4 Å². The van der Waals surface area contributed by atoms with Crippen LogP contribution >= 0.6 is 0 Å². The second kappa shape index (κ2) is 11.8. The van der Waals surface area contributed by atoms with E-state index < -0.39 is 11.6 Å². The van der Waals surface area contributed by atoms with Gasteiger partial charge < -0.3 is 19.5 Å². The number of hydrogen-bond acceptors (Lipinski definition) is 5. The smallest absolute Gasteiger partial charge is 0.259 e. The zero-order chi connectivity index (χ0) is 28.1. The lowest BCUT2D eigenvalue weighted by molar-refractivity contribution is -0.127. The van der Waals surface area contributed by atoms with Crippen molar-refractivity contribution < 1.29 is 19.4 Å². The average molecular weight is 545 g/mol. The maximum atomic E-state index is 14.6. The lowest BCUT2D eigenvalue weighted by Crippen LogP contribution is -2.53. The molecule has 0 saturated heterocycles. The van der Waals surface area contributed by atoms with Crippen LogP contribution in [0.25, 0.3) is 6.08 Å². The van der Waals surface area contributed by atoms with Gasteiger partial charge in [-0.15, -0.1) is 0 Å². The second-order valence-electron chi connectivity index (χ2n) is 10.2. The van der Waals surface area contributed by atoms with Crippen LogP contribution in [0.4, 0.5) is 5.69 Å². The van der Waals surface area contributed by atoms with Gasteiger partial charge in [0, 0.05) is 30.6 Å². The fourth-order valence-corrected chi connectivity index (χ4v) is 5.44. The summed E-state index contributed by atoms with van der Waals surface area (Å²) in [4.78, 5) is 21.5. The highest BCUT2D eigenvalue weighted by molar-refractivity contribution is 6.09. The molecule has 0 bridgehead atoms. The Labute approximate surface area is 240 Å². The van der Waals surface area contributed by atoms with Crippen molar-refractivity contribution in [3.05, 3.63) is 138 Å². The Morgan fingerprint density at radius 2 is 1.61 bits per heavy atom. The number of carbonyl (C=O) groups excluding carboxylic acids is 1. The van der Waals surface area contributed by atoms with Crippen LogP contribution in [0.2, 0.25) is 0 Å². The molecule has 0 radical (unpaired) electrons. The van der Waals surface area contributed by atoms with Gasteiger partial charge in [-0.2, -0.15) is 0 Å². The first-order valence-electron chi connectivity index (χ1n) is 13.9. The molecular formula is C35H32N2O4. The van der Waals surface area contributed by atoms with E-state index in [4.69, 9.17) is 19.6 Å². The molecular weight excluding hydrogens is 512 g/mol. The lowest BCUT2D eigenvalue weighted by atomic mass is 9.79.